The molecule has 0 saturated heterocycles. The first-order chi connectivity index (χ1) is 6.95. The van der Waals surface area contributed by atoms with Crippen LogP contribution in [-0.4, -0.2) is 11.1 Å². The fourth-order valence-corrected chi connectivity index (χ4v) is 1.47. The molecular weight excluding hydrogens is 275 g/mol. The highest BCUT2D eigenvalue weighted by Gasteiger charge is 2.32. The van der Waals surface area contributed by atoms with Crippen molar-refractivity contribution in [2.24, 2.45) is 0 Å². The zero-order valence-corrected chi connectivity index (χ0v) is 9.10. The Labute approximate surface area is 92.6 Å². The van der Waals surface area contributed by atoms with E-state index in [1.807, 2.05) is 0 Å². The molecule has 2 nitrogen and oxygen atoms in total. The Kier molecular flexibility index (Phi) is 2.62. The van der Waals surface area contributed by atoms with Crippen LogP contribution in [0.2, 0.25) is 0 Å². The molecule has 0 aromatic carbocycles. The van der Waals surface area contributed by atoms with Gasteiger partial charge in [0.25, 0.3) is 0 Å². The third-order valence-corrected chi connectivity index (χ3v) is 2.32. The molecule has 1 fully saturated rings. The predicted octanol–water partition coefficient (Wildman–Crippen LogP) is 3.40. The van der Waals surface area contributed by atoms with Gasteiger partial charge in [-0.3, -0.25) is 0 Å². The summed E-state index contributed by atoms with van der Waals surface area (Å²) in [6.45, 7) is 0. The average Bonchev–Trinajstić information content (AvgIpc) is 2.85. The molecule has 1 aromatic heterocycles. The first-order valence-electron chi connectivity index (χ1n) is 4.36. The summed E-state index contributed by atoms with van der Waals surface area (Å²) in [5.74, 6) is 0.0270. The quantitative estimate of drug-likeness (QED) is 0.775. The van der Waals surface area contributed by atoms with Crippen LogP contribution in [0.15, 0.2) is 16.7 Å². The molecule has 1 aliphatic carbocycles. The van der Waals surface area contributed by atoms with Crippen molar-refractivity contribution in [3.05, 3.63) is 22.3 Å². The molecule has 0 aliphatic heterocycles. The van der Waals surface area contributed by atoms with Crippen LogP contribution in [0.25, 0.3) is 0 Å². The number of hydrogen-bond acceptors (Lipinski definition) is 2. The van der Waals surface area contributed by atoms with E-state index in [0.29, 0.717) is 0 Å². The van der Waals surface area contributed by atoms with Gasteiger partial charge in [0, 0.05) is 6.07 Å². The summed E-state index contributed by atoms with van der Waals surface area (Å²) < 4.78 is 42.5. The Morgan fingerprint density at radius 2 is 2.00 bits per heavy atom. The Morgan fingerprint density at radius 1 is 1.33 bits per heavy atom. The molecule has 1 heterocycles. The van der Waals surface area contributed by atoms with E-state index in [0.717, 1.165) is 25.0 Å². The van der Waals surface area contributed by atoms with Crippen LogP contribution in [0, 0.1) is 0 Å². The number of hydrogen-bond donors (Lipinski definition) is 0. The van der Waals surface area contributed by atoms with Crippen LogP contribution in [0.1, 0.15) is 18.4 Å². The number of aromatic nitrogens is 1. The maximum Gasteiger partial charge on any atom is 0.416 e. The summed E-state index contributed by atoms with van der Waals surface area (Å²) in [4.78, 5) is 3.82. The number of halogens is 4. The highest BCUT2D eigenvalue weighted by molar-refractivity contribution is 9.10. The van der Waals surface area contributed by atoms with Gasteiger partial charge in [-0.05, 0) is 34.8 Å². The number of alkyl halides is 3. The highest BCUT2D eigenvalue weighted by Crippen LogP contribution is 2.34. The van der Waals surface area contributed by atoms with E-state index in [1.54, 1.807) is 0 Å². The fraction of sp³-hybridized carbons (Fsp3) is 0.444. The number of rotatable bonds is 2. The molecular formula is C9H7BrF3NO. The van der Waals surface area contributed by atoms with E-state index in [2.05, 4.69) is 20.9 Å². The predicted molar refractivity (Wildman–Crippen MR) is 50.6 cm³/mol. The van der Waals surface area contributed by atoms with Crippen molar-refractivity contribution >= 4 is 15.9 Å². The summed E-state index contributed by atoms with van der Waals surface area (Å²) in [5.41, 5.74) is -0.750. The Balaban J connectivity index is 2.27. The van der Waals surface area contributed by atoms with Gasteiger partial charge in [-0.2, -0.15) is 13.2 Å². The standard InChI is InChI=1S/C9H7BrF3NO/c10-7-3-5(9(11,12)13)4-8(14-7)15-6-1-2-6/h3-4,6H,1-2H2. The van der Waals surface area contributed by atoms with Crippen LogP contribution >= 0.6 is 15.9 Å². The second-order valence-corrected chi connectivity index (χ2v) is 4.14. The van der Waals surface area contributed by atoms with Crippen molar-refractivity contribution in [2.45, 2.75) is 25.1 Å². The molecule has 0 radical (unpaired) electrons. The van der Waals surface area contributed by atoms with E-state index >= 15 is 0 Å². The second-order valence-electron chi connectivity index (χ2n) is 3.33. The summed E-state index contributed by atoms with van der Waals surface area (Å²) >= 11 is 2.92. The highest BCUT2D eigenvalue weighted by atomic mass is 79.9. The summed E-state index contributed by atoms with van der Waals surface area (Å²) in [6, 6.07) is 1.85. The lowest BCUT2D eigenvalue weighted by molar-refractivity contribution is -0.137. The van der Waals surface area contributed by atoms with Gasteiger partial charge in [-0.15, -0.1) is 0 Å². The van der Waals surface area contributed by atoms with Gasteiger partial charge in [0.05, 0.1) is 5.56 Å². The molecule has 1 aromatic rings. The minimum atomic E-state index is -4.37. The van der Waals surface area contributed by atoms with Crippen molar-refractivity contribution in [3.63, 3.8) is 0 Å². The summed E-state index contributed by atoms with van der Waals surface area (Å²) in [5, 5.41) is 0. The van der Waals surface area contributed by atoms with E-state index in [1.165, 1.54) is 0 Å². The molecule has 0 unspecified atom stereocenters. The zero-order chi connectivity index (χ0) is 11.1. The van der Waals surface area contributed by atoms with Crippen molar-refractivity contribution in [1.82, 2.24) is 4.98 Å². The van der Waals surface area contributed by atoms with Crippen LogP contribution in [0.3, 0.4) is 0 Å². The van der Waals surface area contributed by atoms with Gasteiger partial charge in [0.15, 0.2) is 0 Å². The fourth-order valence-electron chi connectivity index (χ4n) is 1.05. The van der Waals surface area contributed by atoms with Crippen LogP contribution in [0.4, 0.5) is 13.2 Å². The van der Waals surface area contributed by atoms with Gasteiger partial charge in [0.2, 0.25) is 5.88 Å². The molecule has 6 heteroatoms. The van der Waals surface area contributed by atoms with Crippen LogP contribution < -0.4 is 4.74 Å². The number of ether oxygens (including phenoxy) is 1. The molecule has 0 atom stereocenters. The smallest absolute Gasteiger partial charge is 0.416 e. The van der Waals surface area contributed by atoms with E-state index in [9.17, 15) is 13.2 Å². The summed E-state index contributed by atoms with van der Waals surface area (Å²) in [7, 11) is 0. The van der Waals surface area contributed by atoms with Crippen molar-refractivity contribution in [3.8, 4) is 5.88 Å². The monoisotopic (exact) mass is 281 g/mol. The maximum absolute atomic E-state index is 12.4. The maximum atomic E-state index is 12.4. The SMILES string of the molecule is FC(F)(F)c1cc(Br)nc(OC2CC2)c1. The third-order valence-electron chi connectivity index (χ3n) is 1.91. The molecule has 1 saturated carbocycles. The van der Waals surface area contributed by atoms with Gasteiger partial charge >= 0.3 is 6.18 Å². The minimum absolute atomic E-state index is 0.0270. The van der Waals surface area contributed by atoms with Crippen molar-refractivity contribution in [2.75, 3.05) is 0 Å². The molecule has 0 amide bonds. The van der Waals surface area contributed by atoms with Gasteiger partial charge in [0.1, 0.15) is 10.7 Å². The first-order valence-corrected chi connectivity index (χ1v) is 5.16. The molecule has 0 N–H and O–H groups in total. The van der Waals surface area contributed by atoms with Crippen LogP contribution in [0.5, 0.6) is 5.88 Å². The molecule has 2 rings (SSSR count). The number of pyridine rings is 1. The average molecular weight is 282 g/mol. The lowest BCUT2D eigenvalue weighted by Crippen LogP contribution is -2.07. The molecule has 0 spiro atoms. The third kappa shape index (κ3) is 2.84. The lowest BCUT2D eigenvalue weighted by Gasteiger charge is -2.09. The first kappa shape index (κ1) is 10.7. The Morgan fingerprint density at radius 3 is 2.53 bits per heavy atom. The molecule has 0 bridgehead atoms. The topological polar surface area (TPSA) is 22.1 Å². The van der Waals surface area contributed by atoms with Gasteiger partial charge in [-0.25, -0.2) is 4.98 Å². The van der Waals surface area contributed by atoms with Crippen molar-refractivity contribution < 1.29 is 17.9 Å². The Bertz CT molecular complexity index is 376. The molecule has 15 heavy (non-hydrogen) atoms. The minimum Gasteiger partial charge on any atom is -0.474 e. The van der Waals surface area contributed by atoms with E-state index < -0.39 is 11.7 Å². The number of nitrogens with zero attached hydrogens (tertiary/aromatic N) is 1. The Hall–Kier alpha value is -0.780. The van der Waals surface area contributed by atoms with Crippen molar-refractivity contribution in [1.29, 1.82) is 0 Å². The zero-order valence-electron chi connectivity index (χ0n) is 7.51. The normalized spacial score (nSPS) is 16.5. The van der Waals surface area contributed by atoms with E-state index in [-0.39, 0.29) is 16.6 Å². The van der Waals surface area contributed by atoms with Gasteiger partial charge < -0.3 is 4.74 Å². The lowest BCUT2D eigenvalue weighted by atomic mass is 10.2. The second kappa shape index (κ2) is 3.66. The molecule has 82 valence electrons. The van der Waals surface area contributed by atoms with Crippen LogP contribution in [-0.2, 0) is 6.18 Å². The largest absolute Gasteiger partial charge is 0.474 e. The molecule has 1 aliphatic rings. The summed E-state index contributed by atoms with van der Waals surface area (Å²) in [6.07, 6.45) is -2.56. The van der Waals surface area contributed by atoms with E-state index in [4.69, 9.17) is 4.74 Å². The van der Waals surface area contributed by atoms with Gasteiger partial charge in [-0.1, -0.05) is 0 Å².